The number of halogens is 1. The predicted molar refractivity (Wildman–Crippen MR) is 143 cm³/mol. The Kier molecular flexibility index (Phi) is 6.32. The molecule has 0 radical (unpaired) electrons. The summed E-state index contributed by atoms with van der Waals surface area (Å²) in [4.78, 5) is 9.10. The molecule has 0 bridgehead atoms. The van der Waals surface area contributed by atoms with Gasteiger partial charge in [-0.2, -0.15) is 10.4 Å². The molecular formula is C27H24ClN7O. The van der Waals surface area contributed by atoms with Gasteiger partial charge >= 0.3 is 0 Å². The minimum Gasteiger partial charge on any atom is -0.492 e. The fraction of sp³-hybridized carbons (Fsp3) is 0.185. The fourth-order valence-electron chi connectivity index (χ4n) is 4.31. The van der Waals surface area contributed by atoms with E-state index in [1.165, 1.54) is 0 Å². The molecule has 0 aliphatic rings. The quantitative estimate of drug-likeness (QED) is 0.271. The van der Waals surface area contributed by atoms with Crippen molar-refractivity contribution in [1.82, 2.24) is 19.7 Å². The van der Waals surface area contributed by atoms with Gasteiger partial charge < -0.3 is 15.8 Å². The number of aromatic nitrogens is 4. The number of aryl methyl sites for hydroxylation is 1. The first-order valence-electron chi connectivity index (χ1n) is 11.6. The molecule has 0 fully saturated rings. The number of nitrogens with two attached hydrogens (primary N) is 1. The van der Waals surface area contributed by atoms with Crippen molar-refractivity contribution in [3.05, 3.63) is 76.8 Å². The van der Waals surface area contributed by atoms with Crippen LogP contribution in [0.2, 0.25) is 5.02 Å². The standard InChI is InChI=1S/C27H24ClN7O/c1-3-23-20(13-29)26(19-11-22(30)25(36-4-2)12-24(19)34-23)33-18-9-16-14-32-35(27(16)21(28)10-18)15-17-7-5-6-8-31-17/h5-12,14H,3-4,15,30H2,1-2H3,(H,33,34). The normalized spacial score (nSPS) is 11.1. The van der Waals surface area contributed by atoms with E-state index in [9.17, 15) is 5.26 Å². The first kappa shape index (κ1) is 23.4. The molecule has 0 amide bonds. The minimum absolute atomic E-state index is 0.468. The average molecular weight is 498 g/mol. The van der Waals surface area contributed by atoms with Gasteiger partial charge in [-0.05, 0) is 43.7 Å². The predicted octanol–water partition coefficient (Wildman–Crippen LogP) is 5.84. The van der Waals surface area contributed by atoms with Gasteiger partial charge in [-0.1, -0.05) is 24.6 Å². The largest absolute Gasteiger partial charge is 0.492 e. The van der Waals surface area contributed by atoms with Crippen LogP contribution in [-0.4, -0.2) is 26.4 Å². The van der Waals surface area contributed by atoms with E-state index in [2.05, 4.69) is 21.5 Å². The maximum absolute atomic E-state index is 10.0. The molecule has 0 spiro atoms. The number of hydrogen-bond donors (Lipinski definition) is 2. The van der Waals surface area contributed by atoms with E-state index in [-0.39, 0.29) is 0 Å². The summed E-state index contributed by atoms with van der Waals surface area (Å²) in [6.45, 7) is 4.87. The van der Waals surface area contributed by atoms with Gasteiger partial charge in [0.15, 0.2) is 0 Å². The number of benzene rings is 2. The van der Waals surface area contributed by atoms with Crippen molar-refractivity contribution in [2.24, 2.45) is 0 Å². The van der Waals surface area contributed by atoms with Crippen LogP contribution < -0.4 is 15.8 Å². The van der Waals surface area contributed by atoms with Crippen LogP contribution in [0.15, 0.2) is 54.9 Å². The number of ether oxygens (including phenoxy) is 1. The summed E-state index contributed by atoms with van der Waals surface area (Å²) in [6, 6.07) is 15.5. The maximum Gasteiger partial charge on any atom is 0.144 e. The van der Waals surface area contributed by atoms with E-state index in [1.54, 1.807) is 18.5 Å². The highest BCUT2D eigenvalue weighted by molar-refractivity contribution is 6.35. The smallest absolute Gasteiger partial charge is 0.144 e. The Hall–Kier alpha value is -4.35. The monoisotopic (exact) mass is 497 g/mol. The number of nitrogens with zero attached hydrogens (tertiary/aromatic N) is 5. The number of anilines is 3. The molecule has 2 aromatic carbocycles. The van der Waals surface area contributed by atoms with Crippen LogP contribution in [0, 0.1) is 11.3 Å². The van der Waals surface area contributed by atoms with E-state index in [1.807, 2.05) is 54.9 Å². The molecule has 9 heteroatoms. The van der Waals surface area contributed by atoms with Crippen LogP contribution in [0.25, 0.3) is 21.8 Å². The summed E-state index contributed by atoms with van der Waals surface area (Å²) in [5.74, 6) is 0.569. The van der Waals surface area contributed by atoms with Gasteiger partial charge in [0, 0.05) is 28.7 Å². The third-order valence-electron chi connectivity index (χ3n) is 5.93. The number of pyridine rings is 2. The lowest BCUT2D eigenvalue weighted by Gasteiger charge is -2.17. The van der Waals surface area contributed by atoms with Gasteiger partial charge in [0.1, 0.15) is 11.8 Å². The molecule has 36 heavy (non-hydrogen) atoms. The molecule has 8 nitrogen and oxygen atoms in total. The highest BCUT2D eigenvalue weighted by Gasteiger charge is 2.18. The molecule has 5 rings (SSSR count). The summed E-state index contributed by atoms with van der Waals surface area (Å²) < 4.78 is 7.49. The molecular weight excluding hydrogens is 474 g/mol. The first-order valence-corrected chi connectivity index (χ1v) is 12.0. The summed E-state index contributed by atoms with van der Waals surface area (Å²) in [6.07, 6.45) is 4.13. The van der Waals surface area contributed by atoms with E-state index >= 15 is 0 Å². The number of nitriles is 1. The van der Waals surface area contributed by atoms with Gasteiger partial charge in [-0.3, -0.25) is 14.6 Å². The second kappa shape index (κ2) is 9.72. The number of fused-ring (bicyclic) bond motifs is 2. The molecule has 0 saturated carbocycles. The second-order valence-electron chi connectivity index (χ2n) is 8.26. The van der Waals surface area contributed by atoms with Crippen LogP contribution in [0.1, 0.15) is 30.8 Å². The van der Waals surface area contributed by atoms with Crippen molar-refractivity contribution in [1.29, 1.82) is 5.26 Å². The molecule has 0 aliphatic heterocycles. The van der Waals surface area contributed by atoms with E-state index < -0.39 is 0 Å². The summed E-state index contributed by atoms with van der Waals surface area (Å²) >= 11 is 6.74. The van der Waals surface area contributed by atoms with Gasteiger partial charge in [-0.15, -0.1) is 0 Å². The van der Waals surface area contributed by atoms with Gasteiger partial charge in [0.25, 0.3) is 0 Å². The molecule has 5 aromatic rings. The van der Waals surface area contributed by atoms with E-state index in [0.717, 1.165) is 27.7 Å². The van der Waals surface area contributed by atoms with E-state index in [0.29, 0.717) is 58.5 Å². The molecule has 3 heterocycles. The van der Waals surface area contributed by atoms with Gasteiger partial charge in [-0.25, -0.2) is 0 Å². The third kappa shape index (κ3) is 4.25. The lowest BCUT2D eigenvalue weighted by molar-refractivity contribution is 0.342. The third-order valence-corrected chi connectivity index (χ3v) is 6.22. The summed E-state index contributed by atoms with van der Waals surface area (Å²) in [5.41, 5.74) is 11.6. The average Bonchev–Trinajstić information content (AvgIpc) is 3.28. The van der Waals surface area contributed by atoms with Crippen molar-refractivity contribution in [2.75, 3.05) is 17.7 Å². The first-order chi connectivity index (χ1) is 17.5. The Morgan fingerprint density at radius 3 is 2.78 bits per heavy atom. The summed E-state index contributed by atoms with van der Waals surface area (Å²) in [5, 5.41) is 20.1. The Balaban J connectivity index is 1.60. The van der Waals surface area contributed by atoms with Crippen molar-refractivity contribution in [3.63, 3.8) is 0 Å². The Labute approximate surface area is 213 Å². The highest BCUT2D eigenvalue weighted by atomic mass is 35.5. The Morgan fingerprint density at radius 2 is 2.06 bits per heavy atom. The second-order valence-corrected chi connectivity index (χ2v) is 8.67. The number of hydrogen-bond acceptors (Lipinski definition) is 7. The van der Waals surface area contributed by atoms with Crippen LogP contribution >= 0.6 is 11.6 Å². The van der Waals surface area contributed by atoms with Crippen molar-refractivity contribution in [3.8, 4) is 11.8 Å². The van der Waals surface area contributed by atoms with Crippen LogP contribution in [0.3, 0.4) is 0 Å². The van der Waals surface area contributed by atoms with Crippen LogP contribution in [0.4, 0.5) is 17.1 Å². The molecule has 180 valence electrons. The Bertz CT molecular complexity index is 1620. The topological polar surface area (TPSA) is 115 Å². The van der Waals surface area contributed by atoms with Gasteiger partial charge in [0.05, 0.1) is 63.7 Å². The minimum atomic E-state index is 0.468. The highest BCUT2D eigenvalue weighted by Crippen LogP contribution is 2.37. The number of nitrogens with one attached hydrogen (secondary N) is 1. The van der Waals surface area contributed by atoms with E-state index in [4.69, 9.17) is 27.1 Å². The maximum atomic E-state index is 10.0. The Morgan fingerprint density at radius 1 is 1.19 bits per heavy atom. The molecule has 0 saturated heterocycles. The zero-order chi connectivity index (χ0) is 25.2. The van der Waals surface area contributed by atoms with Crippen LogP contribution in [0.5, 0.6) is 5.75 Å². The van der Waals surface area contributed by atoms with Crippen molar-refractivity contribution in [2.45, 2.75) is 26.8 Å². The lowest BCUT2D eigenvalue weighted by Crippen LogP contribution is -2.05. The molecule has 0 atom stereocenters. The van der Waals surface area contributed by atoms with Crippen LogP contribution in [-0.2, 0) is 13.0 Å². The molecule has 0 unspecified atom stereocenters. The number of nitrogen functional groups attached to an aromatic ring is 1. The molecule has 3 aromatic heterocycles. The molecule has 3 N–H and O–H groups in total. The zero-order valence-electron chi connectivity index (χ0n) is 19.9. The lowest BCUT2D eigenvalue weighted by atomic mass is 10.0. The fourth-order valence-corrected chi connectivity index (χ4v) is 4.63. The summed E-state index contributed by atoms with van der Waals surface area (Å²) in [7, 11) is 0. The SMILES string of the molecule is CCOc1cc2nc(CC)c(C#N)c(Nc3cc(Cl)c4c(cnn4Cc4ccccn4)c3)c2cc1N. The van der Waals surface area contributed by atoms with Gasteiger partial charge in [0.2, 0.25) is 0 Å². The number of rotatable bonds is 7. The zero-order valence-corrected chi connectivity index (χ0v) is 20.7. The molecule has 0 aliphatic carbocycles. The van der Waals surface area contributed by atoms with Crippen molar-refractivity contribution < 1.29 is 4.74 Å². The van der Waals surface area contributed by atoms with Crippen molar-refractivity contribution >= 4 is 50.5 Å².